The van der Waals surface area contributed by atoms with Gasteiger partial charge in [-0.3, -0.25) is 4.79 Å². The lowest BCUT2D eigenvalue weighted by Gasteiger charge is -2.24. The second-order valence-electron chi connectivity index (χ2n) is 10.9. The first kappa shape index (κ1) is 28.0. The van der Waals surface area contributed by atoms with Gasteiger partial charge >= 0.3 is 12.1 Å². The van der Waals surface area contributed by atoms with Gasteiger partial charge in [0.2, 0.25) is 5.82 Å². The van der Waals surface area contributed by atoms with E-state index >= 15 is 0 Å². The summed E-state index contributed by atoms with van der Waals surface area (Å²) in [6.07, 6.45) is -0.745. The van der Waals surface area contributed by atoms with E-state index in [0.29, 0.717) is 16.8 Å². The minimum Gasteiger partial charge on any atom is -0.460 e. The molecule has 1 N–H and O–H groups in total. The van der Waals surface area contributed by atoms with E-state index in [1.54, 1.807) is 53.7 Å². The van der Waals surface area contributed by atoms with E-state index in [0.717, 1.165) is 15.8 Å². The molecule has 0 bridgehead atoms. The van der Waals surface area contributed by atoms with Gasteiger partial charge in [0.05, 0.1) is 29.2 Å². The maximum atomic E-state index is 12.5. The lowest BCUT2D eigenvalue weighted by molar-refractivity contribution is -0.155. The molecule has 0 saturated heterocycles. The molecule has 0 radical (unpaired) electrons. The number of hydrogen-bond acceptors (Lipinski definition) is 10. The summed E-state index contributed by atoms with van der Waals surface area (Å²) in [5, 5.41) is 15.9. The Bertz CT molecular complexity index is 1370. The molecule has 206 valence electrons. The van der Waals surface area contributed by atoms with Gasteiger partial charge in [0, 0.05) is 5.56 Å². The number of ether oxygens (including phenoxy) is 3. The second kappa shape index (κ2) is 11.4. The van der Waals surface area contributed by atoms with Gasteiger partial charge in [0.25, 0.3) is 5.19 Å². The normalized spacial score (nSPS) is 12.7. The monoisotopic (exact) mass is 552 g/mol. The molecule has 4 rings (SSSR count). The predicted octanol–water partition coefficient (Wildman–Crippen LogP) is 5.37. The summed E-state index contributed by atoms with van der Waals surface area (Å²) in [5.41, 5.74) is 0.264. The standard InChI is InChI=1S/C27H32N6O5S/c1-26(2,3)37-22(34)15-18(28-24(35)38-27(4,5)6)16-33-31-23(30-32-33)17-11-13-19(14-12-17)36-25-29-20-9-7-8-10-21(20)39-25/h7-14,18H,15-16H2,1-6H3,(H,28,35)/t18-/m1/s1. The van der Waals surface area contributed by atoms with Gasteiger partial charge in [0.1, 0.15) is 17.0 Å². The fourth-order valence-electron chi connectivity index (χ4n) is 3.52. The Kier molecular flexibility index (Phi) is 8.14. The number of tetrazole rings is 1. The van der Waals surface area contributed by atoms with Gasteiger partial charge in [-0.25, -0.2) is 9.78 Å². The summed E-state index contributed by atoms with van der Waals surface area (Å²) in [6, 6.07) is 14.4. The first-order chi connectivity index (χ1) is 18.3. The van der Waals surface area contributed by atoms with Crippen molar-refractivity contribution in [2.24, 2.45) is 0 Å². The number of aromatic nitrogens is 5. The van der Waals surface area contributed by atoms with Gasteiger partial charge in [-0.2, -0.15) is 4.80 Å². The molecule has 12 heteroatoms. The minimum absolute atomic E-state index is 0.0876. The van der Waals surface area contributed by atoms with Crippen LogP contribution in [0.25, 0.3) is 21.6 Å². The first-order valence-corrected chi connectivity index (χ1v) is 13.3. The lowest BCUT2D eigenvalue weighted by Crippen LogP contribution is -2.43. The van der Waals surface area contributed by atoms with E-state index in [-0.39, 0.29) is 13.0 Å². The average Bonchev–Trinajstić information content (AvgIpc) is 3.43. The molecule has 0 saturated carbocycles. The van der Waals surface area contributed by atoms with E-state index in [2.05, 4.69) is 25.7 Å². The van der Waals surface area contributed by atoms with E-state index in [9.17, 15) is 9.59 Å². The zero-order valence-corrected chi connectivity index (χ0v) is 23.6. The molecule has 0 aliphatic carbocycles. The Hall–Kier alpha value is -4.06. The third-order valence-electron chi connectivity index (χ3n) is 4.98. The van der Waals surface area contributed by atoms with Crippen molar-refractivity contribution in [3.8, 4) is 22.3 Å². The fourth-order valence-corrected chi connectivity index (χ4v) is 4.36. The van der Waals surface area contributed by atoms with Crippen LogP contribution < -0.4 is 10.1 Å². The van der Waals surface area contributed by atoms with Gasteiger partial charge in [-0.05, 0) is 83.2 Å². The summed E-state index contributed by atoms with van der Waals surface area (Å²) >= 11 is 1.47. The van der Waals surface area contributed by atoms with Crippen molar-refractivity contribution < 1.29 is 23.8 Å². The van der Waals surface area contributed by atoms with Crippen LogP contribution in [0.1, 0.15) is 48.0 Å². The van der Waals surface area contributed by atoms with Crippen LogP contribution in [0.5, 0.6) is 10.9 Å². The van der Waals surface area contributed by atoms with E-state index in [1.807, 2.05) is 36.4 Å². The Balaban J connectivity index is 1.42. The summed E-state index contributed by atoms with van der Waals surface area (Å²) < 4.78 is 17.7. The fraction of sp³-hybridized carbons (Fsp3) is 0.407. The van der Waals surface area contributed by atoms with Crippen LogP contribution in [0.2, 0.25) is 0 Å². The molecule has 0 unspecified atom stereocenters. The highest BCUT2D eigenvalue weighted by atomic mass is 32.1. The van der Waals surface area contributed by atoms with Crippen LogP contribution >= 0.6 is 11.3 Å². The molecular weight excluding hydrogens is 520 g/mol. The smallest absolute Gasteiger partial charge is 0.407 e. The van der Waals surface area contributed by atoms with Gasteiger partial charge in [-0.15, -0.1) is 10.2 Å². The zero-order chi connectivity index (χ0) is 28.2. The van der Waals surface area contributed by atoms with Gasteiger partial charge in [0.15, 0.2) is 0 Å². The topological polar surface area (TPSA) is 130 Å². The van der Waals surface area contributed by atoms with Gasteiger partial charge < -0.3 is 19.5 Å². The third-order valence-corrected chi connectivity index (χ3v) is 5.90. The number of thiazole rings is 1. The highest BCUT2D eigenvalue weighted by molar-refractivity contribution is 7.20. The van der Waals surface area contributed by atoms with Crippen molar-refractivity contribution in [3.63, 3.8) is 0 Å². The first-order valence-electron chi connectivity index (χ1n) is 12.5. The Morgan fingerprint density at radius 2 is 1.67 bits per heavy atom. The number of benzene rings is 2. The molecule has 4 aromatic rings. The Labute approximate surface area is 230 Å². The zero-order valence-electron chi connectivity index (χ0n) is 22.8. The third kappa shape index (κ3) is 8.47. The molecular formula is C27H32N6O5S. The van der Waals surface area contributed by atoms with Crippen LogP contribution in [0, 0.1) is 0 Å². The maximum Gasteiger partial charge on any atom is 0.407 e. The number of nitrogens with one attached hydrogen (secondary N) is 1. The molecule has 0 aliphatic rings. The molecule has 1 amide bonds. The predicted molar refractivity (Wildman–Crippen MR) is 147 cm³/mol. The highest BCUT2D eigenvalue weighted by Gasteiger charge is 2.25. The lowest BCUT2D eigenvalue weighted by atomic mass is 10.1. The SMILES string of the molecule is CC(C)(C)OC(=O)C[C@H](Cn1nnc(-c2ccc(Oc3nc4ccccc4s3)cc2)n1)NC(=O)OC(C)(C)C. The molecule has 2 heterocycles. The van der Waals surface area contributed by atoms with Crippen LogP contribution in [-0.2, 0) is 20.8 Å². The second-order valence-corrected chi connectivity index (χ2v) is 11.9. The number of amides is 1. The van der Waals surface area contributed by atoms with Crippen LogP contribution in [0.4, 0.5) is 4.79 Å². The number of esters is 1. The summed E-state index contributed by atoms with van der Waals surface area (Å²) in [6.45, 7) is 10.7. The number of carbonyl (C=O) groups excluding carboxylic acids is 2. The van der Waals surface area contributed by atoms with E-state index < -0.39 is 29.3 Å². The van der Waals surface area contributed by atoms with Gasteiger partial charge in [-0.1, -0.05) is 23.5 Å². The summed E-state index contributed by atoms with van der Waals surface area (Å²) in [7, 11) is 0. The van der Waals surface area contributed by atoms with Crippen molar-refractivity contribution in [1.82, 2.24) is 30.5 Å². The number of para-hydroxylation sites is 1. The molecule has 2 aromatic carbocycles. The van der Waals surface area contributed by atoms with E-state index in [1.165, 1.54) is 16.1 Å². The number of carbonyl (C=O) groups is 2. The number of nitrogens with zero attached hydrogens (tertiary/aromatic N) is 5. The number of rotatable bonds is 8. The van der Waals surface area contributed by atoms with Crippen molar-refractivity contribution in [2.75, 3.05) is 0 Å². The van der Waals surface area contributed by atoms with Crippen molar-refractivity contribution >= 4 is 33.6 Å². The molecule has 39 heavy (non-hydrogen) atoms. The molecule has 1 atom stereocenters. The van der Waals surface area contributed by atoms with Crippen LogP contribution in [0.15, 0.2) is 48.5 Å². The molecule has 2 aromatic heterocycles. The number of alkyl carbamates (subject to hydrolysis) is 1. The molecule has 11 nitrogen and oxygen atoms in total. The quantitative estimate of drug-likeness (QED) is 0.287. The van der Waals surface area contributed by atoms with Crippen LogP contribution in [0.3, 0.4) is 0 Å². The number of fused-ring (bicyclic) bond motifs is 1. The van der Waals surface area contributed by atoms with Crippen molar-refractivity contribution in [2.45, 2.75) is 71.8 Å². The molecule has 0 fully saturated rings. The summed E-state index contributed by atoms with van der Waals surface area (Å²) in [5.74, 6) is 0.548. The highest BCUT2D eigenvalue weighted by Crippen LogP contribution is 2.31. The Morgan fingerprint density at radius 1 is 0.974 bits per heavy atom. The number of hydrogen-bond donors (Lipinski definition) is 1. The minimum atomic E-state index is -0.692. The maximum absolute atomic E-state index is 12.5. The van der Waals surface area contributed by atoms with E-state index in [4.69, 9.17) is 14.2 Å². The largest absolute Gasteiger partial charge is 0.460 e. The average molecular weight is 553 g/mol. The van der Waals surface area contributed by atoms with Crippen molar-refractivity contribution in [1.29, 1.82) is 0 Å². The summed E-state index contributed by atoms with van der Waals surface area (Å²) in [4.78, 5) is 30.7. The van der Waals surface area contributed by atoms with Crippen molar-refractivity contribution in [3.05, 3.63) is 48.5 Å². The molecule has 0 aliphatic heterocycles. The Morgan fingerprint density at radius 3 is 2.33 bits per heavy atom. The molecule has 0 spiro atoms. The van der Waals surface area contributed by atoms with Crippen LogP contribution in [-0.4, -0.2) is 54.5 Å².